The average molecular weight is 349 g/mol. The van der Waals surface area contributed by atoms with Crippen molar-refractivity contribution < 1.29 is 32.0 Å². The number of aryl methyl sites for hydroxylation is 1. The largest absolute Gasteiger partial charge is 0.440 e. The molecule has 0 spiro atoms. The highest BCUT2D eigenvalue weighted by Crippen LogP contribution is 2.22. The number of carbonyl (C=O) groups excluding carboxylic acids is 2. The Kier molecular flexibility index (Phi) is 5.35. The maximum Gasteiger partial charge on any atom is 0.422 e. The Morgan fingerprint density at radius 2 is 2.21 bits per heavy atom. The van der Waals surface area contributed by atoms with Gasteiger partial charge in [0.15, 0.2) is 6.61 Å². The molecule has 2 heterocycles. The smallest absolute Gasteiger partial charge is 0.422 e. The van der Waals surface area contributed by atoms with E-state index >= 15 is 0 Å². The molecular formula is C14H18F3N3O4. The molecule has 2 amide bonds. The van der Waals surface area contributed by atoms with Crippen LogP contribution in [0, 0.1) is 6.92 Å². The van der Waals surface area contributed by atoms with Crippen molar-refractivity contribution in [2.75, 3.05) is 20.2 Å². The molecule has 0 bridgehead atoms. The zero-order valence-corrected chi connectivity index (χ0v) is 13.3. The van der Waals surface area contributed by atoms with E-state index in [2.05, 4.69) is 9.89 Å². The number of aromatic nitrogens is 1. The van der Waals surface area contributed by atoms with Gasteiger partial charge in [0.2, 0.25) is 5.91 Å². The molecule has 7 nitrogen and oxygen atoms in total. The minimum absolute atomic E-state index is 0.179. The first-order valence-corrected chi connectivity index (χ1v) is 7.34. The van der Waals surface area contributed by atoms with Crippen LogP contribution in [0.2, 0.25) is 0 Å². The molecule has 0 saturated carbocycles. The summed E-state index contributed by atoms with van der Waals surface area (Å²) in [5.74, 6) is 0.223. The SMILES string of the molecule is Cc1cc(CN(C)C(=O)[C@@H]2CCCN2C(=O)OCC(F)(F)F)no1. The second-order valence-corrected chi connectivity index (χ2v) is 5.64. The van der Waals surface area contributed by atoms with Crippen LogP contribution in [-0.2, 0) is 16.1 Å². The lowest BCUT2D eigenvalue weighted by Gasteiger charge is -2.27. The highest BCUT2D eigenvalue weighted by atomic mass is 19.4. The number of carbonyl (C=O) groups is 2. The molecule has 1 atom stereocenters. The second-order valence-electron chi connectivity index (χ2n) is 5.64. The third kappa shape index (κ3) is 4.62. The molecule has 1 aromatic heterocycles. The van der Waals surface area contributed by atoms with Gasteiger partial charge in [0.1, 0.15) is 17.5 Å². The van der Waals surface area contributed by atoms with Crippen molar-refractivity contribution in [2.24, 2.45) is 0 Å². The Bertz CT molecular complexity index is 602. The number of nitrogens with zero attached hydrogens (tertiary/aromatic N) is 3. The summed E-state index contributed by atoms with van der Waals surface area (Å²) in [5.41, 5.74) is 0.549. The summed E-state index contributed by atoms with van der Waals surface area (Å²) < 4.78 is 45.6. The zero-order valence-electron chi connectivity index (χ0n) is 13.3. The fraction of sp³-hybridized carbons (Fsp3) is 0.643. The van der Waals surface area contributed by atoms with Gasteiger partial charge >= 0.3 is 12.3 Å². The van der Waals surface area contributed by atoms with Crippen molar-refractivity contribution in [1.82, 2.24) is 15.0 Å². The van der Waals surface area contributed by atoms with Crippen molar-refractivity contribution in [3.8, 4) is 0 Å². The number of rotatable bonds is 4. The summed E-state index contributed by atoms with van der Waals surface area (Å²) >= 11 is 0. The molecule has 134 valence electrons. The van der Waals surface area contributed by atoms with Crippen LogP contribution in [0.15, 0.2) is 10.6 Å². The van der Waals surface area contributed by atoms with Crippen molar-refractivity contribution in [2.45, 2.75) is 38.5 Å². The summed E-state index contributed by atoms with van der Waals surface area (Å²) in [5, 5.41) is 3.78. The predicted octanol–water partition coefficient (Wildman–Crippen LogP) is 2.10. The van der Waals surface area contributed by atoms with Gasteiger partial charge in [-0.15, -0.1) is 0 Å². The Hall–Kier alpha value is -2.26. The normalized spacial score (nSPS) is 17.9. The molecule has 24 heavy (non-hydrogen) atoms. The molecule has 2 rings (SSSR count). The summed E-state index contributed by atoms with van der Waals surface area (Å²) in [7, 11) is 1.53. The minimum Gasteiger partial charge on any atom is -0.440 e. The standard InChI is InChI=1S/C14H18F3N3O4/c1-9-6-10(18-24-9)7-19(2)12(21)11-4-3-5-20(11)13(22)23-8-14(15,16)17/h6,11H,3-5,7-8H2,1-2H3/t11-/m0/s1. The van der Waals surface area contributed by atoms with E-state index in [1.165, 1.54) is 11.9 Å². The van der Waals surface area contributed by atoms with E-state index in [4.69, 9.17) is 4.52 Å². The maximum absolute atomic E-state index is 12.5. The van der Waals surface area contributed by atoms with Crippen molar-refractivity contribution in [3.63, 3.8) is 0 Å². The van der Waals surface area contributed by atoms with Crippen LogP contribution >= 0.6 is 0 Å². The van der Waals surface area contributed by atoms with Gasteiger partial charge < -0.3 is 14.2 Å². The Balaban J connectivity index is 1.95. The van der Waals surface area contributed by atoms with Gasteiger partial charge in [-0.05, 0) is 19.8 Å². The number of hydrogen-bond acceptors (Lipinski definition) is 5. The van der Waals surface area contributed by atoms with E-state index in [1.807, 2.05) is 0 Å². The molecule has 0 radical (unpaired) electrons. The van der Waals surface area contributed by atoms with Crippen molar-refractivity contribution in [3.05, 3.63) is 17.5 Å². The van der Waals surface area contributed by atoms with Crippen LogP contribution in [0.3, 0.4) is 0 Å². The Labute approximate surface area is 136 Å². The second kappa shape index (κ2) is 7.10. The van der Waals surface area contributed by atoms with Gasteiger partial charge in [-0.25, -0.2) is 4.79 Å². The topological polar surface area (TPSA) is 75.9 Å². The number of amides is 2. The summed E-state index contributed by atoms with van der Waals surface area (Å²) in [6.45, 7) is 0.410. The van der Waals surface area contributed by atoms with E-state index in [9.17, 15) is 22.8 Å². The number of ether oxygens (including phenoxy) is 1. The maximum atomic E-state index is 12.5. The first-order valence-electron chi connectivity index (χ1n) is 7.34. The average Bonchev–Trinajstić information content (AvgIpc) is 3.12. The molecule has 10 heteroatoms. The highest BCUT2D eigenvalue weighted by Gasteiger charge is 2.38. The van der Waals surface area contributed by atoms with Crippen molar-refractivity contribution >= 4 is 12.0 Å². The van der Waals surface area contributed by atoms with E-state index < -0.39 is 24.9 Å². The van der Waals surface area contributed by atoms with Gasteiger partial charge in [0.05, 0.1) is 6.54 Å². The van der Waals surface area contributed by atoms with E-state index in [-0.39, 0.29) is 19.0 Å². The van der Waals surface area contributed by atoms with Crippen LogP contribution < -0.4 is 0 Å². The fourth-order valence-corrected chi connectivity index (χ4v) is 2.54. The highest BCUT2D eigenvalue weighted by molar-refractivity contribution is 5.86. The monoisotopic (exact) mass is 349 g/mol. The van der Waals surface area contributed by atoms with Crippen LogP contribution in [-0.4, -0.2) is 59.4 Å². The van der Waals surface area contributed by atoms with Gasteiger partial charge in [0.25, 0.3) is 0 Å². The molecule has 0 aromatic carbocycles. The lowest BCUT2D eigenvalue weighted by Crippen LogP contribution is -2.47. The van der Waals surface area contributed by atoms with Crippen LogP contribution in [0.5, 0.6) is 0 Å². The van der Waals surface area contributed by atoms with Gasteiger partial charge in [-0.1, -0.05) is 5.16 Å². The number of likely N-dealkylation sites (tertiary alicyclic amines) is 1. The Morgan fingerprint density at radius 3 is 2.79 bits per heavy atom. The molecular weight excluding hydrogens is 331 g/mol. The van der Waals surface area contributed by atoms with Crippen molar-refractivity contribution in [1.29, 1.82) is 0 Å². The van der Waals surface area contributed by atoms with E-state index in [0.29, 0.717) is 24.3 Å². The molecule has 1 fully saturated rings. The van der Waals surface area contributed by atoms with E-state index in [0.717, 1.165) is 4.90 Å². The predicted molar refractivity (Wildman–Crippen MR) is 74.8 cm³/mol. The first-order chi connectivity index (χ1) is 11.2. The van der Waals surface area contributed by atoms with Crippen LogP contribution in [0.1, 0.15) is 24.3 Å². The summed E-state index contributed by atoms with van der Waals surface area (Å²) in [6, 6.07) is 0.845. The van der Waals surface area contributed by atoms with Crippen LogP contribution in [0.25, 0.3) is 0 Å². The molecule has 1 aromatic rings. The quantitative estimate of drug-likeness (QED) is 0.832. The van der Waals surface area contributed by atoms with Gasteiger partial charge in [-0.3, -0.25) is 9.69 Å². The lowest BCUT2D eigenvalue weighted by molar-refractivity contribution is -0.163. The molecule has 0 aliphatic carbocycles. The third-order valence-corrected chi connectivity index (χ3v) is 3.58. The van der Waals surface area contributed by atoms with Gasteiger partial charge in [0, 0.05) is 19.7 Å². The number of alkyl halides is 3. The molecule has 1 aliphatic rings. The lowest BCUT2D eigenvalue weighted by atomic mass is 10.2. The van der Waals surface area contributed by atoms with E-state index in [1.54, 1.807) is 13.0 Å². The number of hydrogen-bond donors (Lipinski definition) is 0. The summed E-state index contributed by atoms with van der Waals surface area (Å²) in [4.78, 5) is 26.7. The first kappa shape index (κ1) is 18.1. The molecule has 0 unspecified atom stereocenters. The fourth-order valence-electron chi connectivity index (χ4n) is 2.54. The third-order valence-electron chi connectivity index (χ3n) is 3.58. The minimum atomic E-state index is -4.60. The zero-order chi connectivity index (χ0) is 17.9. The molecule has 1 saturated heterocycles. The van der Waals surface area contributed by atoms with Gasteiger partial charge in [-0.2, -0.15) is 13.2 Å². The van der Waals surface area contributed by atoms with Crippen LogP contribution in [0.4, 0.5) is 18.0 Å². The molecule has 1 aliphatic heterocycles. The summed E-state index contributed by atoms with van der Waals surface area (Å²) in [6.07, 6.45) is -4.83. The number of likely N-dealkylation sites (N-methyl/N-ethyl adjacent to an activating group) is 1. The number of halogens is 3. The molecule has 0 N–H and O–H groups in total. The Morgan fingerprint density at radius 1 is 1.50 bits per heavy atom.